The molecule has 0 aliphatic carbocycles. The summed E-state index contributed by atoms with van der Waals surface area (Å²) in [6.07, 6.45) is 0. The zero-order chi connectivity index (χ0) is 14.3. The largest absolute Gasteiger partial charge is 0.368 e. The molecular weight excluding hydrogens is 262 g/mol. The van der Waals surface area contributed by atoms with E-state index in [9.17, 15) is 13.6 Å². The first-order valence-corrected chi connectivity index (χ1v) is 6.17. The highest BCUT2D eigenvalue weighted by Gasteiger charge is 2.30. The summed E-state index contributed by atoms with van der Waals surface area (Å²) in [6, 6.07) is 8.11. The van der Waals surface area contributed by atoms with Gasteiger partial charge in [0.1, 0.15) is 17.7 Å². The molecule has 0 saturated heterocycles. The van der Waals surface area contributed by atoms with E-state index in [1.54, 1.807) is 0 Å². The Kier molecular flexibility index (Phi) is 2.89. The van der Waals surface area contributed by atoms with Crippen molar-refractivity contribution < 1.29 is 13.6 Å². The molecule has 1 heterocycles. The minimum atomic E-state index is -0.723. The minimum absolute atomic E-state index is 0.0981. The molecule has 2 aromatic carbocycles. The van der Waals surface area contributed by atoms with Gasteiger partial charge in [-0.3, -0.25) is 4.79 Å². The highest BCUT2D eigenvalue weighted by Crippen LogP contribution is 2.34. The lowest BCUT2D eigenvalue weighted by Crippen LogP contribution is -2.20. The summed E-state index contributed by atoms with van der Waals surface area (Å²) in [6.45, 7) is 1.92. The fraction of sp³-hybridized carbons (Fsp3) is 0.133. The molecule has 1 aliphatic heterocycles. The van der Waals surface area contributed by atoms with Crippen molar-refractivity contribution in [2.24, 2.45) is 0 Å². The second kappa shape index (κ2) is 4.59. The normalized spacial score (nSPS) is 16.8. The number of amides is 1. The van der Waals surface area contributed by atoms with Gasteiger partial charge >= 0.3 is 0 Å². The predicted octanol–water partition coefficient (Wildman–Crippen LogP) is 3.38. The van der Waals surface area contributed by atoms with Gasteiger partial charge in [0.25, 0.3) is 5.91 Å². The molecule has 3 rings (SSSR count). The van der Waals surface area contributed by atoms with E-state index in [2.05, 4.69) is 10.6 Å². The zero-order valence-corrected chi connectivity index (χ0v) is 10.7. The number of hydrogen-bond donors (Lipinski definition) is 2. The van der Waals surface area contributed by atoms with E-state index in [4.69, 9.17) is 0 Å². The van der Waals surface area contributed by atoms with Gasteiger partial charge in [0.2, 0.25) is 0 Å². The van der Waals surface area contributed by atoms with Crippen molar-refractivity contribution in [3.63, 3.8) is 0 Å². The molecule has 1 atom stereocenters. The van der Waals surface area contributed by atoms with Crippen molar-refractivity contribution >= 4 is 17.3 Å². The van der Waals surface area contributed by atoms with Gasteiger partial charge in [-0.1, -0.05) is 17.7 Å². The van der Waals surface area contributed by atoms with Crippen LogP contribution in [-0.2, 0) is 4.79 Å². The van der Waals surface area contributed by atoms with Crippen LogP contribution in [0, 0.1) is 18.6 Å². The number of aryl methyl sites for hydroxylation is 1. The van der Waals surface area contributed by atoms with E-state index in [1.807, 2.05) is 25.1 Å². The lowest BCUT2D eigenvalue weighted by atomic mass is 10.1. The van der Waals surface area contributed by atoms with Gasteiger partial charge in [-0.25, -0.2) is 8.78 Å². The topological polar surface area (TPSA) is 41.1 Å². The third-order valence-electron chi connectivity index (χ3n) is 3.27. The molecule has 2 N–H and O–H groups in total. The van der Waals surface area contributed by atoms with Crippen molar-refractivity contribution in [2.75, 3.05) is 10.6 Å². The summed E-state index contributed by atoms with van der Waals surface area (Å²) >= 11 is 0. The van der Waals surface area contributed by atoms with Crippen LogP contribution in [0.1, 0.15) is 17.2 Å². The first-order chi connectivity index (χ1) is 9.54. The number of anilines is 2. The number of halogens is 2. The van der Waals surface area contributed by atoms with Crippen molar-refractivity contribution in [2.45, 2.75) is 13.0 Å². The number of carbonyl (C=O) groups is 1. The van der Waals surface area contributed by atoms with Crippen LogP contribution in [0.5, 0.6) is 0 Å². The van der Waals surface area contributed by atoms with E-state index in [-0.39, 0.29) is 11.6 Å². The number of benzene rings is 2. The van der Waals surface area contributed by atoms with Crippen LogP contribution in [0.25, 0.3) is 0 Å². The van der Waals surface area contributed by atoms with Crippen LogP contribution >= 0.6 is 0 Å². The zero-order valence-electron chi connectivity index (χ0n) is 10.7. The highest BCUT2D eigenvalue weighted by atomic mass is 19.1. The van der Waals surface area contributed by atoms with Crippen LogP contribution in [0.3, 0.4) is 0 Å². The number of fused-ring (bicyclic) bond motifs is 1. The maximum absolute atomic E-state index is 13.7. The first-order valence-electron chi connectivity index (χ1n) is 6.17. The second-order valence-electron chi connectivity index (χ2n) is 4.78. The number of nitrogens with one attached hydrogen (secondary N) is 2. The summed E-state index contributed by atoms with van der Waals surface area (Å²) in [5.74, 6) is -1.63. The molecule has 102 valence electrons. The molecule has 0 saturated carbocycles. The van der Waals surface area contributed by atoms with E-state index < -0.39 is 17.7 Å². The van der Waals surface area contributed by atoms with Gasteiger partial charge in [-0.05, 0) is 25.1 Å². The molecule has 0 radical (unpaired) electrons. The molecular formula is C15H12F2N2O. The van der Waals surface area contributed by atoms with Crippen molar-refractivity contribution in [3.05, 3.63) is 59.2 Å². The fourth-order valence-corrected chi connectivity index (χ4v) is 2.29. The molecule has 2 aromatic rings. The van der Waals surface area contributed by atoms with Crippen LogP contribution in [0.15, 0.2) is 36.4 Å². The standard InChI is InChI=1S/C15H12F2N2O/c1-8-2-4-12-10(6-8)14(15(20)19-12)18-13-5-3-9(16)7-11(13)17/h2-7,14,18H,1H3,(H,19,20). The molecule has 0 bridgehead atoms. The minimum Gasteiger partial charge on any atom is -0.368 e. The number of carbonyl (C=O) groups excluding carboxylic acids is 1. The molecule has 1 aliphatic rings. The van der Waals surface area contributed by atoms with Gasteiger partial charge in [-0.15, -0.1) is 0 Å². The molecule has 0 aromatic heterocycles. The summed E-state index contributed by atoms with van der Waals surface area (Å²) in [5, 5.41) is 5.54. The summed E-state index contributed by atoms with van der Waals surface area (Å²) < 4.78 is 26.5. The molecule has 3 nitrogen and oxygen atoms in total. The third kappa shape index (κ3) is 2.11. The monoisotopic (exact) mass is 274 g/mol. The SMILES string of the molecule is Cc1ccc2c(c1)C(Nc1ccc(F)cc1F)C(=O)N2. The highest BCUT2D eigenvalue weighted by molar-refractivity contribution is 6.04. The quantitative estimate of drug-likeness (QED) is 0.881. The van der Waals surface area contributed by atoms with Crippen LogP contribution in [-0.4, -0.2) is 5.91 Å². The van der Waals surface area contributed by atoms with Gasteiger partial charge < -0.3 is 10.6 Å². The second-order valence-corrected chi connectivity index (χ2v) is 4.78. The molecule has 0 fully saturated rings. The van der Waals surface area contributed by atoms with E-state index in [1.165, 1.54) is 6.07 Å². The third-order valence-corrected chi connectivity index (χ3v) is 3.27. The molecule has 1 amide bonds. The Morgan fingerprint density at radius 2 is 1.95 bits per heavy atom. The predicted molar refractivity (Wildman–Crippen MR) is 72.5 cm³/mol. The van der Waals surface area contributed by atoms with Crippen LogP contribution < -0.4 is 10.6 Å². The smallest absolute Gasteiger partial charge is 0.251 e. The fourth-order valence-electron chi connectivity index (χ4n) is 2.29. The average Bonchev–Trinajstić information content (AvgIpc) is 2.69. The molecule has 20 heavy (non-hydrogen) atoms. The first kappa shape index (κ1) is 12.6. The van der Waals surface area contributed by atoms with Gasteiger partial charge in [-0.2, -0.15) is 0 Å². The van der Waals surface area contributed by atoms with E-state index in [0.29, 0.717) is 5.69 Å². The maximum Gasteiger partial charge on any atom is 0.251 e. The van der Waals surface area contributed by atoms with Gasteiger partial charge in [0.05, 0.1) is 5.69 Å². The average molecular weight is 274 g/mol. The Labute approximate surface area is 114 Å². The summed E-state index contributed by atoms with van der Waals surface area (Å²) in [5.41, 5.74) is 2.58. The number of hydrogen-bond acceptors (Lipinski definition) is 2. The Bertz CT molecular complexity index is 700. The Morgan fingerprint density at radius 1 is 1.15 bits per heavy atom. The lowest BCUT2D eigenvalue weighted by molar-refractivity contribution is -0.116. The summed E-state index contributed by atoms with van der Waals surface area (Å²) in [4.78, 5) is 12.0. The maximum atomic E-state index is 13.7. The van der Waals surface area contributed by atoms with Crippen molar-refractivity contribution in [1.82, 2.24) is 0 Å². The van der Waals surface area contributed by atoms with Gasteiger partial charge in [0.15, 0.2) is 0 Å². The number of rotatable bonds is 2. The Morgan fingerprint density at radius 3 is 2.70 bits per heavy atom. The van der Waals surface area contributed by atoms with Crippen LogP contribution in [0.4, 0.5) is 20.2 Å². The summed E-state index contributed by atoms with van der Waals surface area (Å²) in [7, 11) is 0. The van der Waals surface area contributed by atoms with Crippen molar-refractivity contribution in [1.29, 1.82) is 0 Å². The van der Waals surface area contributed by atoms with Gasteiger partial charge in [0, 0.05) is 17.3 Å². The molecule has 5 heteroatoms. The van der Waals surface area contributed by atoms with Crippen molar-refractivity contribution in [3.8, 4) is 0 Å². The Hall–Kier alpha value is -2.43. The Balaban J connectivity index is 1.95. The molecule has 0 spiro atoms. The van der Waals surface area contributed by atoms with Crippen LogP contribution in [0.2, 0.25) is 0 Å². The molecule has 1 unspecified atom stereocenters. The lowest BCUT2D eigenvalue weighted by Gasteiger charge is -2.14. The van der Waals surface area contributed by atoms with E-state index in [0.717, 1.165) is 23.3 Å². The van der Waals surface area contributed by atoms with E-state index >= 15 is 0 Å².